The first-order valence-electron chi connectivity index (χ1n) is 9.02. The minimum atomic E-state index is -3.50. The molecule has 0 spiro atoms. The number of nitrogens with one attached hydrogen (secondary N) is 1. The third kappa shape index (κ3) is 4.74. The largest absolute Gasteiger partial charge is 0.379 e. The topological polar surface area (TPSA) is 102 Å². The predicted molar refractivity (Wildman–Crippen MR) is 104 cm³/mol. The minimum absolute atomic E-state index is 0.0591. The van der Waals surface area contributed by atoms with E-state index in [2.05, 4.69) is 5.32 Å². The second kappa shape index (κ2) is 8.78. The molecule has 150 valence electrons. The van der Waals surface area contributed by atoms with E-state index < -0.39 is 14.9 Å². The van der Waals surface area contributed by atoms with Crippen LogP contribution in [0.5, 0.6) is 0 Å². The standard InChI is InChI=1S/C19H23N3O5S/c1-15(17-3-2-4-18(13-17)22(23)24)20-14-16-5-7-19(8-6-16)28(25,26)21-9-11-27-12-10-21/h2-8,13,15,20H,9-12,14H2,1H3. The first-order chi connectivity index (χ1) is 13.4. The average Bonchev–Trinajstić information content (AvgIpc) is 2.73. The van der Waals surface area contributed by atoms with Crippen molar-refractivity contribution in [3.05, 3.63) is 69.8 Å². The average molecular weight is 405 g/mol. The van der Waals surface area contributed by atoms with E-state index in [4.69, 9.17) is 4.74 Å². The number of ether oxygens (including phenoxy) is 1. The Kier molecular flexibility index (Phi) is 6.40. The number of sulfonamides is 1. The summed E-state index contributed by atoms with van der Waals surface area (Å²) in [6, 6.07) is 13.2. The monoisotopic (exact) mass is 405 g/mol. The van der Waals surface area contributed by atoms with Crippen LogP contribution in [0.1, 0.15) is 24.1 Å². The highest BCUT2D eigenvalue weighted by atomic mass is 32.2. The number of nitro benzene ring substituents is 1. The second-order valence-corrected chi connectivity index (χ2v) is 8.55. The van der Waals surface area contributed by atoms with E-state index in [1.165, 1.54) is 10.4 Å². The van der Waals surface area contributed by atoms with Crippen molar-refractivity contribution < 1.29 is 18.1 Å². The Hall–Kier alpha value is -2.33. The highest BCUT2D eigenvalue weighted by Crippen LogP contribution is 2.20. The van der Waals surface area contributed by atoms with Gasteiger partial charge >= 0.3 is 0 Å². The molecule has 0 saturated carbocycles. The molecule has 9 heteroatoms. The summed E-state index contributed by atoms with van der Waals surface area (Å²) in [5.74, 6) is 0. The molecule has 1 heterocycles. The zero-order chi connectivity index (χ0) is 20.1. The van der Waals surface area contributed by atoms with Crippen LogP contribution in [-0.4, -0.2) is 43.9 Å². The van der Waals surface area contributed by atoms with Crippen molar-refractivity contribution in [1.29, 1.82) is 0 Å². The molecule has 0 aliphatic carbocycles. The molecule has 0 aromatic heterocycles. The second-order valence-electron chi connectivity index (χ2n) is 6.62. The molecule has 0 radical (unpaired) electrons. The highest BCUT2D eigenvalue weighted by Gasteiger charge is 2.26. The molecule has 3 rings (SSSR count). The van der Waals surface area contributed by atoms with Gasteiger partial charge in [-0.3, -0.25) is 10.1 Å². The first kappa shape index (κ1) is 20.4. The SMILES string of the molecule is CC(NCc1ccc(S(=O)(=O)N2CCOCC2)cc1)c1cccc([N+](=O)[O-])c1. The van der Waals surface area contributed by atoms with E-state index in [1.54, 1.807) is 36.4 Å². The van der Waals surface area contributed by atoms with Gasteiger partial charge in [0.2, 0.25) is 10.0 Å². The van der Waals surface area contributed by atoms with E-state index in [0.29, 0.717) is 32.8 Å². The summed E-state index contributed by atoms with van der Waals surface area (Å²) in [5.41, 5.74) is 1.81. The van der Waals surface area contributed by atoms with Crippen LogP contribution >= 0.6 is 0 Å². The van der Waals surface area contributed by atoms with Gasteiger partial charge in [-0.1, -0.05) is 24.3 Å². The van der Waals surface area contributed by atoms with Crippen molar-refractivity contribution >= 4 is 15.7 Å². The molecule has 0 bridgehead atoms. The maximum Gasteiger partial charge on any atom is 0.269 e. The van der Waals surface area contributed by atoms with Gasteiger partial charge in [0, 0.05) is 37.8 Å². The molecule has 1 unspecified atom stereocenters. The third-order valence-corrected chi connectivity index (χ3v) is 6.64. The summed E-state index contributed by atoms with van der Waals surface area (Å²) in [6.07, 6.45) is 0. The smallest absolute Gasteiger partial charge is 0.269 e. The van der Waals surface area contributed by atoms with Gasteiger partial charge in [0.25, 0.3) is 5.69 Å². The van der Waals surface area contributed by atoms with Crippen LogP contribution in [0.15, 0.2) is 53.4 Å². The Bertz CT molecular complexity index is 925. The normalized spacial score (nSPS) is 16.6. The van der Waals surface area contributed by atoms with Gasteiger partial charge in [-0.25, -0.2) is 8.42 Å². The Morgan fingerprint density at radius 2 is 1.86 bits per heavy atom. The van der Waals surface area contributed by atoms with Gasteiger partial charge in [-0.2, -0.15) is 4.31 Å². The molecule has 2 aromatic rings. The molecule has 1 fully saturated rings. The highest BCUT2D eigenvalue weighted by molar-refractivity contribution is 7.89. The van der Waals surface area contributed by atoms with E-state index in [-0.39, 0.29) is 16.6 Å². The molecule has 1 atom stereocenters. The molecule has 1 aliphatic rings. The third-order valence-electron chi connectivity index (χ3n) is 4.72. The molecular formula is C19H23N3O5S. The van der Waals surface area contributed by atoms with Crippen molar-refractivity contribution in [3.63, 3.8) is 0 Å². The summed E-state index contributed by atoms with van der Waals surface area (Å²) in [6.45, 7) is 4.00. The zero-order valence-electron chi connectivity index (χ0n) is 15.6. The summed E-state index contributed by atoms with van der Waals surface area (Å²) < 4.78 is 31.9. The van der Waals surface area contributed by atoms with Gasteiger partial charge in [0.15, 0.2) is 0 Å². The summed E-state index contributed by atoms with van der Waals surface area (Å²) in [5, 5.41) is 14.2. The molecule has 1 aliphatic heterocycles. The molecule has 28 heavy (non-hydrogen) atoms. The lowest BCUT2D eigenvalue weighted by Gasteiger charge is -2.26. The van der Waals surface area contributed by atoms with Crippen LogP contribution in [0, 0.1) is 10.1 Å². The number of hydrogen-bond acceptors (Lipinski definition) is 6. The number of rotatable bonds is 7. The van der Waals surface area contributed by atoms with Crippen LogP contribution in [0.25, 0.3) is 0 Å². The molecule has 1 N–H and O–H groups in total. The van der Waals surface area contributed by atoms with Crippen LogP contribution in [0.3, 0.4) is 0 Å². The Morgan fingerprint density at radius 3 is 2.50 bits per heavy atom. The van der Waals surface area contributed by atoms with Crippen LogP contribution < -0.4 is 5.32 Å². The molecule has 2 aromatic carbocycles. The number of hydrogen-bond donors (Lipinski definition) is 1. The Labute approximate surface area is 164 Å². The number of benzene rings is 2. The number of nitro groups is 1. The van der Waals surface area contributed by atoms with Crippen molar-refractivity contribution in [2.75, 3.05) is 26.3 Å². The van der Waals surface area contributed by atoms with Gasteiger partial charge in [-0.15, -0.1) is 0 Å². The number of nitrogens with zero attached hydrogens (tertiary/aromatic N) is 2. The van der Waals surface area contributed by atoms with Crippen LogP contribution in [0.2, 0.25) is 0 Å². The van der Waals surface area contributed by atoms with Gasteiger partial charge in [0.05, 0.1) is 23.0 Å². The Balaban J connectivity index is 1.63. The minimum Gasteiger partial charge on any atom is -0.379 e. The van der Waals surface area contributed by atoms with Crippen molar-refractivity contribution in [1.82, 2.24) is 9.62 Å². The maximum absolute atomic E-state index is 12.6. The molecule has 8 nitrogen and oxygen atoms in total. The number of non-ortho nitro benzene ring substituents is 1. The lowest BCUT2D eigenvalue weighted by molar-refractivity contribution is -0.384. The lowest BCUT2D eigenvalue weighted by Crippen LogP contribution is -2.40. The summed E-state index contributed by atoms with van der Waals surface area (Å²) in [4.78, 5) is 10.8. The van der Waals surface area contributed by atoms with Gasteiger partial charge in [-0.05, 0) is 30.2 Å². The van der Waals surface area contributed by atoms with Crippen molar-refractivity contribution in [2.24, 2.45) is 0 Å². The van der Waals surface area contributed by atoms with E-state index in [1.807, 2.05) is 13.0 Å². The fourth-order valence-electron chi connectivity index (χ4n) is 3.01. The lowest BCUT2D eigenvalue weighted by atomic mass is 10.1. The first-order valence-corrected chi connectivity index (χ1v) is 10.5. The zero-order valence-corrected chi connectivity index (χ0v) is 16.4. The number of morpholine rings is 1. The van der Waals surface area contributed by atoms with E-state index in [0.717, 1.165) is 11.1 Å². The molecule has 0 amide bonds. The summed E-state index contributed by atoms with van der Waals surface area (Å²) >= 11 is 0. The quantitative estimate of drug-likeness (QED) is 0.561. The van der Waals surface area contributed by atoms with Crippen molar-refractivity contribution in [2.45, 2.75) is 24.4 Å². The van der Waals surface area contributed by atoms with Gasteiger partial charge in [0.1, 0.15) is 0 Å². The molecule has 1 saturated heterocycles. The Morgan fingerprint density at radius 1 is 1.18 bits per heavy atom. The fourth-order valence-corrected chi connectivity index (χ4v) is 4.42. The van der Waals surface area contributed by atoms with E-state index in [9.17, 15) is 18.5 Å². The maximum atomic E-state index is 12.6. The summed E-state index contributed by atoms with van der Waals surface area (Å²) in [7, 11) is -3.50. The predicted octanol–water partition coefficient (Wildman–Crippen LogP) is 2.47. The fraction of sp³-hybridized carbons (Fsp3) is 0.368. The van der Waals surface area contributed by atoms with E-state index >= 15 is 0 Å². The van der Waals surface area contributed by atoms with Crippen LogP contribution in [0.4, 0.5) is 5.69 Å². The molecular weight excluding hydrogens is 382 g/mol. The van der Waals surface area contributed by atoms with Gasteiger partial charge < -0.3 is 10.1 Å². The van der Waals surface area contributed by atoms with Crippen LogP contribution in [-0.2, 0) is 21.3 Å². The van der Waals surface area contributed by atoms with Crippen molar-refractivity contribution in [3.8, 4) is 0 Å².